The van der Waals surface area contributed by atoms with Crippen molar-refractivity contribution in [3.63, 3.8) is 0 Å². The van der Waals surface area contributed by atoms with Gasteiger partial charge in [-0.25, -0.2) is 0 Å². The van der Waals surface area contributed by atoms with Crippen molar-refractivity contribution in [2.45, 2.75) is 25.9 Å². The van der Waals surface area contributed by atoms with Crippen LogP contribution < -0.4 is 5.32 Å². The van der Waals surface area contributed by atoms with E-state index in [4.69, 9.17) is 0 Å². The summed E-state index contributed by atoms with van der Waals surface area (Å²) in [6.45, 7) is 4.03. The Morgan fingerprint density at radius 2 is 1.68 bits per heavy atom. The van der Waals surface area contributed by atoms with Crippen molar-refractivity contribution in [3.05, 3.63) is 53.9 Å². The van der Waals surface area contributed by atoms with Crippen LogP contribution in [0.1, 0.15) is 37.1 Å². The normalized spacial score (nSPS) is 14.0. The molecule has 2 rings (SSSR count). The van der Waals surface area contributed by atoms with Crippen molar-refractivity contribution in [2.24, 2.45) is 0 Å². The Kier molecular flexibility index (Phi) is 4.02. The molecule has 4 nitrogen and oxygen atoms in total. The van der Waals surface area contributed by atoms with Gasteiger partial charge >= 0.3 is 0 Å². The predicted molar refractivity (Wildman–Crippen MR) is 74.0 cm³/mol. The second kappa shape index (κ2) is 5.71. The zero-order chi connectivity index (χ0) is 13.8. The van der Waals surface area contributed by atoms with Crippen molar-refractivity contribution in [2.75, 3.05) is 0 Å². The molecule has 1 aromatic carbocycles. The number of pyridine rings is 1. The number of phenols is 2. The van der Waals surface area contributed by atoms with Gasteiger partial charge < -0.3 is 15.5 Å². The molecule has 0 saturated heterocycles. The second-order valence-electron chi connectivity index (χ2n) is 4.63. The molecular formula is C15H18N2O2. The Hall–Kier alpha value is -2.07. The van der Waals surface area contributed by atoms with Crippen molar-refractivity contribution in [1.29, 1.82) is 0 Å². The van der Waals surface area contributed by atoms with Crippen molar-refractivity contribution >= 4 is 0 Å². The number of phenolic OH excluding ortho intramolecular Hbond substituents is 2. The van der Waals surface area contributed by atoms with Crippen molar-refractivity contribution in [1.82, 2.24) is 10.3 Å². The lowest BCUT2D eigenvalue weighted by molar-refractivity contribution is 0.427. The Bertz CT molecular complexity index is 543. The fraction of sp³-hybridized carbons (Fsp3) is 0.267. The van der Waals surface area contributed by atoms with Crippen LogP contribution in [-0.2, 0) is 0 Å². The van der Waals surface area contributed by atoms with Crippen LogP contribution >= 0.6 is 0 Å². The summed E-state index contributed by atoms with van der Waals surface area (Å²) in [5.74, 6) is 0.164. The summed E-state index contributed by atoms with van der Waals surface area (Å²) >= 11 is 0. The van der Waals surface area contributed by atoms with E-state index in [1.54, 1.807) is 24.5 Å². The van der Waals surface area contributed by atoms with Gasteiger partial charge in [0.25, 0.3) is 0 Å². The third kappa shape index (κ3) is 3.23. The van der Waals surface area contributed by atoms with E-state index in [1.807, 2.05) is 19.1 Å². The minimum Gasteiger partial charge on any atom is -0.508 e. The average Bonchev–Trinajstić information content (AvgIpc) is 2.39. The quantitative estimate of drug-likeness (QED) is 0.789. The topological polar surface area (TPSA) is 65.4 Å². The number of hydrogen-bond donors (Lipinski definition) is 3. The summed E-state index contributed by atoms with van der Waals surface area (Å²) in [4.78, 5) is 3.99. The number of aromatic nitrogens is 1. The lowest BCUT2D eigenvalue weighted by Crippen LogP contribution is -2.22. The predicted octanol–water partition coefficient (Wildman–Crippen LogP) is 2.90. The molecule has 0 spiro atoms. The molecule has 2 aromatic rings. The molecule has 1 aromatic heterocycles. The number of nitrogens with zero attached hydrogens (tertiary/aromatic N) is 1. The van der Waals surface area contributed by atoms with Gasteiger partial charge in [-0.05, 0) is 37.6 Å². The molecule has 2 atom stereocenters. The largest absolute Gasteiger partial charge is 0.508 e. The molecule has 0 fully saturated rings. The average molecular weight is 258 g/mol. The smallest absolute Gasteiger partial charge is 0.124 e. The molecule has 0 radical (unpaired) electrons. The first-order valence-electron chi connectivity index (χ1n) is 6.26. The summed E-state index contributed by atoms with van der Waals surface area (Å²) in [6, 6.07) is 8.69. The fourth-order valence-corrected chi connectivity index (χ4v) is 2.11. The lowest BCUT2D eigenvalue weighted by atomic mass is 10.0. The standard InChI is InChI=1S/C15H18N2O2/c1-10(12-5-7-16-8-6-12)17-11(2)14-4-3-13(18)9-15(14)19/h3-11,17-19H,1-2H3/t10-,11?/m1/s1. The number of aromatic hydroxyl groups is 2. The minimum absolute atomic E-state index is 0.0243. The van der Waals surface area contributed by atoms with Crippen LogP contribution in [0.3, 0.4) is 0 Å². The Morgan fingerprint density at radius 3 is 2.32 bits per heavy atom. The molecule has 0 aliphatic carbocycles. The van der Waals surface area contributed by atoms with E-state index in [0.29, 0.717) is 0 Å². The van der Waals surface area contributed by atoms with Crippen LogP contribution in [0.4, 0.5) is 0 Å². The van der Waals surface area contributed by atoms with Gasteiger partial charge in [0.1, 0.15) is 11.5 Å². The molecular weight excluding hydrogens is 240 g/mol. The van der Waals surface area contributed by atoms with Crippen LogP contribution in [0.2, 0.25) is 0 Å². The molecule has 0 amide bonds. The molecule has 1 heterocycles. The minimum atomic E-state index is -0.0243. The zero-order valence-corrected chi connectivity index (χ0v) is 11.0. The summed E-state index contributed by atoms with van der Waals surface area (Å²) in [5.41, 5.74) is 1.90. The third-order valence-corrected chi connectivity index (χ3v) is 3.19. The highest BCUT2D eigenvalue weighted by Crippen LogP contribution is 2.29. The van der Waals surface area contributed by atoms with Gasteiger partial charge in [0.05, 0.1) is 0 Å². The molecule has 0 bridgehead atoms. The Balaban J connectivity index is 2.10. The van der Waals surface area contributed by atoms with E-state index >= 15 is 0 Å². The second-order valence-corrected chi connectivity index (χ2v) is 4.63. The van der Waals surface area contributed by atoms with Gasteiger partial charge in [-0.1, -0.05) is 6.07 Å². The summed E-state index contributed by atoms with van der Waals surface area (Å²) in [6.07, 6.45) is 3.52. The van der Waals surface area contributed by atoms with Gasteiger partial charge in [0.2, 0.25) is 0 Å². The molecule has 0 aliphatic rings. The van der Waals surface area contributed by atoms with Crippen molar-refractivity contribution < 1.29 is 10.2 Å². The first-order chi connectivity index (χ1) is 9.08. The van der Waals surface area contributed by atoms with Crippen LogP contribution in [0.25, 0.3) is 0 Å². The highest BCUT2D eigenvalue weighted by Gasteiger charge is 2.14. The maximum Gasteiger partial charge on any atom is 0.124 e. The number of benzene rings is 1. The maximum atomic E-state index is 9.84. The monoisotopic (exact) mass is 258 g/mol. The molecule has 0 aliphatic heterocycles. The fourth-order valence-electron chi connectivity index (χ4n) is 2.11. The highest BCUT2D eigenvalue weighted by molar-refractivity contribution is 5.40. The Morgan fingerprint density at radius 1 is 1.00 bits per heavy atom. The summed E-state index contributed by atoms with van der Waals surface area (Å²) < 4.78 is 0. The van der Waals surface area contributed by atoms with Gasteiger partial charge in [-0.15, -0.1) is 0 Å². The molecule has 1 unspecified atom stereocenters. The van der Waals surface area contributed by atoms with Crippen LogP contribution in [-0.4, -0.2) is 15.2 Å². The molecule has 3 N–H and O–H groups in total. The number of nitrogens with one attached hydrogen (secondary N) is 1. The maximum absolute atomic E-state index is 9.84. The van der Waals surface area contributed by atoms with E-state index in [9.17, 15) is 10.2 Å². The Labute approximate surface area is 112 Å². The van der Waals surface area contributed by atoms with E-state index < -0.39 is 0 Å². The number of hydrogen-bond acceptors (Lipinski definition) is 4. The third-order valence-electron chi connectivity index (χ3n) is 3.19. The van der Waals surface area contributed by atoms with Gasteiger partial charge in [-0.2, -0.15) is 0 Å². The van der Waals surface area contributed by atoms with E-state index in [1.165, 1.54) is 6.07 Å². The number of rotatable bonds is 4. The highest BCUT2D eigenvalue weighted by atomic mass is 16.3. The van der Waals surface area contributed by atoms with E-state index in [-0.39, 0.29) is 23.6 Å². The van der Waals surface area contributed by atoms with Gasteiger partial charge in [-0.3, -0.25) is 4.98 Å². The molecule has 19 heavy (non-hydrogen) atoms. The van der Waals surface area contributed by atoms with E-state index in [2.05, 4.69) is 17.2 Å². The van der Waals surface area contributed by atoms with Crippen molar-refractivity contribution in [3.8, 4) is 11.5 Å². The van der Waals surface area contributed by atoms with Gasteiger partial charge in [0, 0.05) is 36.1 Å². The van der Waals surface area contributed by atoms with Gasteiger partial charge in [0.15, 0.2) is 0 Å². The molecule has 0 saturated carbocycles. The molecule has 100 valence electrons. The van der Waals surface area contributed by atoms with Crippen LogP contribution in [0, 0.1) is 0 Å². The lowest BCUT2D eigenvalue weighted by Gasteiger charge is -2.21. The summed E-state index contributed by atoms with van der Waals surface area (Å²) in [7, 11) is 0. The summed E-state index contributed by atoms with van der Waals surface area (Å²) in [5, 5.41) is 22.5. The first kappa shape index (κ1) is 13.4. The van der Waals surface area contributed by atoms with Crippen LogP contribution in [0.5, 0.6) is 11.5 Å². The van der Waals surface area contributed by atoms with E-state index in [0.717, 1.165) is 11.1 Å². The molecule has 4 heteroatoms. The first-order valence-corrected chi connectivity index (χ1v) is 6.26. The SMILES string of the molecule is CC(N[C@H](C)c1ccncc1)c1ccc(O)cc1O. The van der Waals surface area contributed by atoms with Crippen LogP contribution in [0.15, 0.2) is 42.7 Å². The zero-order valence-electron chi connectivity index (χ0n) is 11.0.